The van der Waals surface area contributed by atoms with E-state index in [-0.39, 0.29) is 18.2 Å². The maximum Gasteiger partial charge on any atom is 0.321 e. The van der Waals surface area contributed by atoms with Gasteiger partial charge < -0.3 is 15.5 Å². The molecule has 7 nitrogen and oxygen atoms in total. The summed E-state index contributed by atoms with van der Waals surface area (Å²) in [5.74, 6) is -1.05. The molecule has 0 saturated carbocycles. The fraction of sp³-hybridized carbons (Fsp3) is 0.286. The Morgan fingerprint density at radius 1 is 1.10 bits per heavy atom. The summed E-state index contributed by atoms with van der Waals surface area (Å²) < 4.78 is 13.1. The molecule has 2 aromatic rings. The number of anilines is 2. The van der Waals surface area contributed by atoms with Crippen LogP contribution in [0.2, 0.25) is 0 Å². The molecule has 3 rings (SSSR count). The normalized spacial score (nSPS) is 12.7. The third kappa shape index (κ3) is 5.10. The number of fused-ring (bicyclic) bond motifs is 1. The van der Waals surface area contributed by atoms with Crippen LogP contribution in [0.25, 0.3) is 0 Å². The number of rotatable bonds is 5. The van der Waals surface area contributed by atoms with Gasteiger partial charge in [0.05, 0.1) is 0 Å². The zero-order valence-corrected chi connectivity index (χ0v) is 16.1. The van der Waals surface area contributed by atoms with Gasteiger partial charge in [0, 0.05) is 43.5 Å². The van der Waals surface area contributed by atoms with Gasteiger partial charge in [0.2, 0.25) is 5.91 Å². The highest BCUT2D eigenvalue weighted by molar-refractivity contribution is 6.05. The number of hydrogen-bond donors (Lipinski definition) is 3. The Hall–Kier alpha value is -3.42. The molecule has 0 radical (unpaired) electrons. The molecule has 29 heavy (non-hydrogen) atoms. The van der Waals surface area contributed by atoms with E-state index in [1.54, 1.807) is 0 Å². The Kier molecular flexibility index (Phi) is 6.43. The first-order valence-corrected chi connectivity index (χ1v) is 9.43. The second-order valence-electron chi connectivity index (χ2n) is 6.73. The average Bonchev–Trinajstić information content (AvgIpc) is 2.72. The molecule has 152 valence electrons. The zero-order valence-electron chi connectivity index (χ0n) is 16.1. The van der Waals surface area contributed by atoms with E-state index in [0.29, 0.717) is 17.8 Å². The van der Waals surface area contributed by atoms with E-state index in [0.717, 1.165) is 30.6 Å². The highest BCUT2D eigenvalue weighted by atomic mass is 19.1. The second kappa shape index (κ2) is 9.18. The lowest BCUT2D eigenvalue weighted by Gasteiger charge is -2.32. The van der Waals surface area contributed by atoms with E-state index in [1.807, 2.05) is 18.2 Å². The van der Waals surface area contributed by atoms with E-state index < -0.39 is 11.8 Å². The van der Waals surface area contributed by atoms with Crippen molar-refractivity contribution in [1.29, 1.82) is 0 Å². The summed E-state index contributed by atoms with van der Waals surface area (Å²) in [6, 6.07) is 10.5. The molecule has 1 aliphatic heterocycles. The fourth-order valence-corrected chi connectivity index (χ4v) is 3.33. The van der Waals surface area contributed by atoms with Crippen LogP contribution in [0, 0.1) is 5.82 Å². The first-order valence-electron chi connectivity index (χ1n) is 9.43. The Bertz CT molecular complexity index is 915. The molecule has 0 spiro atoms. The minimum Gasteiger partial charge on any atom is -0.371 e. The van der Waals surface area contributed by atoms with E-state index in [9.17, 15) is 18.8 Å². The Labute approximate surface area is 168 Å². The van der Waals surface area contributed by atoms with Gasteiger partial charge in [-0.1, -0.05) is 6.07 Å². The van der Waals surface area contributed by atoms with Gasteiger partial charge in [-0.25, -0.2) is 9.18 Å². The summed E-state index contributed by atoms with van der Waals surface area (Å²) >= 11 is 0. The largest absolute Gasteiger partial charge is 0.371 e. The Morgan fingerprint density at radius 3 is 2.59 bits per heavy atom. The monoisotopic (exact) mass is 398 g/mol. The van der Waals surface area contributed by atoms with Gasteiger partial charge in [0.25, 0.3) is 5.91 Å². The number of hydrogen-bond acceptors (Lipinski definition) is 4. The van der Waals surface area contributed by atoms with Crippen molar-refractivity contribution in [2.75, 3.05) is 30.4 Å². The van der Waals surface area contributed by atoms with Crippen LogP contribution in [0.5, 0.6) is 0 Å². The molecule has 0 saturated heterocycles. The summed E-state index contributed by atoms with van der Waals surface area (Å²) in [5, 5.41) is 7.50. The first-order chi connectivity index (χ1) is 14.0. The lowest BCUT2D eigenvalue weighted by Crippen LogP contribution is -2.40. The van der Waals surface area contributed by atoms with Crippen molar-refractivity contribution in [3.05, 3.63) is 59.4 Å². The molecule has 0 bridgehead atoms. The SMILES string of the molecule is CNC(=O)NC(=O)CCN1CCCc2c(NC(=O)c3ccc(F)cc3)cccc21. The van der Waals surface area contributed by atoms with E-state index in [4.69, 9.17) is 0 Å². The van der Waals surface area contributed by atoms with Gasteiger partial charge >= 0.3 is 6.03 Å². The maximum absolute atomic E-state index is 13.1. The molecule has 2 aromatic carbocycles. The Balaban J connectivity index is 1.71. The summed E-state index contributed by atoms with van der Waals surface area (Å²) in [5.41, 5.74) is 3.04. The van der Waals surface area contributed by atoms with Crippen molar-refractivity contribution in [3.8, 4) is 0 Å². The van der Waals surface area contributed by atoms with Gasteiger partial charge in [-0.05, 0) is 54.8 Å². The predicted octanol–water partition coefficient (Wildman–Crippen LogP) is 2.68. The quantitative estimate of drug-likeness (QED) is 0.722. The smallest absolute Gasteiger partial charge is 0.321 e. The number of urea groups is 1. The number of halogens is 1. The van der Waals surface area contributed by atoms with Crippen LogP contribution in [-0.4, -0.2) is 38.0 Å². The summed E-state index contributed by atoms with van der Waals surface area (Å²) in [6.07, 6.45) is 1.86. The maximum atomic E-state index is 13.1. The minimum atomic E-state index is -0.528. The Morgan fingerprint density at radius 2 is 1.86 bits per heavy atom. The topological polar surface area (TPSA) is 90.5 Å². The van der Waals surface area contributed by atoms with Crippen LogP contribution >= 0.6 is 0 Å². The van der Waals surface area contributed by atoms with Crippen molar-refractivity contribution < 1.29 is 18.8 Å². The first kappa shape index (κ1) is 20.3. The van der Waals surface area contributed by atoms with Crippen LogP contribution in [0.4, 0.5) is 20.6 Å². The van der Waals surface area contributed by atoms with Gasteiger partial charge in [-0.2, -0.15) is 0 Å². The number of benzene rings is 2. The molecule has 1 heterocycles. The minimum absolute atomic E-state index is 0.180. The van der Waals surface area contributed by atoms with Gasteiger partial charge in [0.15, 0.2) is 0 Å². The number of nitrogens with one attached hydrogen (secondary N) is 3. The van der Waals surface area contributed by atoms with Crippen LogP contribution in [0.3, 0.4) is 0 Å². The number of carbonyl (C=O) groups is 3. The molecular formula is C21H23FN4O3. The van der Waals surface area contributed by atoms with Crippen LogP contribution < -0.4 is 20.9 Å². The zero-order chi connectivity index (χ0) is 20.8. The lowest BCUT2D eigenvalue weighted by atomic mass is 9.99. The molecule has 0 aromatic heterocycles. The van der Waals surface area contributed by atoms with Gasteiger partial charge in [-0.15, -0.1) is 0 Å². The molecule has 0 atom stereocenters. The van der Waals surface area contributed by atoms with Crippen molar-refractivity contribution >= 4 is 29.2 Å². The molecule has 3 N–H and O–H groups in total. The fourth-order valence-electron chi connectivity index (χ4n) is 3.33. The van der Waals surface area contributed by atoms with Crippen molar-refractivity contribution in [3.63, 3.8) is 0 Å². The number of carbonyl (C=O) groups excluding carboxylic acids is 3. The van der Waals surface area contributed by atoms with Crippen molar-refractivity contribution in [1.82, 2.24) is 10.6 Å². The highest BCUT2D eigenvalue weighted by Gasteiger charge is 2.21. The lowest BCUT2D eigenvalue weighted by molar-refractivity contribution is -0.119. The van der Waals surface area contributed by atoms with Gasteiger partial charge in [0.1, 0.15) is 5.82 Å². The van der Waals surface area contributed by atoms with Crippen LogP contribution in [0.1, 0.15) is 28.8 Å². The van der Waals surface area contributed by atoms with Crippen LogP contribution in [-0.2, 0) is 11.2 Å². The second-order valence-corrected chi connectivity index (χ2v) is 6.73. The van der Waals surface area contributed by atoms with E-state index >= 15 is 0 Å². The van der Waals surface area contributed by atoms with E-state index in [1.165, 1.54) is 31.3 Å². The van der Waals surface area contributed by atoms with E-state index in [2.05, 4.69) is 20.9 Å². The predicted molar refractivity (Wildman–Crippen MR) is 109 cm³/mol. The summed E-state index contributed by atoms with van der Waals surface area (Å²) in [4.78, 5) is 37.7. The summed E-state index contributed by atoms with van der Waals surface area (Å²) in [6.45, 7) is 1.25. The molecule has 8 heteroatoms. The highest BCUT2D eigenvalue weighted by Crippen LogP contribution is 2.33. The number of imide groups is 1. The molecule has 0 unspecified atom stereocenters. The molecular weight excluding hydrogens is 375 g/mol. The van der Waals surface area contributed by atoms with Crippen molar-refractivity contribution in [2.24, 2.45) is 0 Å². The van der Waals surface area contributed by atoms with Gasteiger partial charge in [-0.3, -0.25) is 14.9 Å². The van der Waals surface area contributed by atoms with Crippen LogP contribution in [0.15, 0.2) is 42.5 Å². The molecule has 0 aliphatic carbocycles. The number of nitrogens with zero attached hydrogens (tertiary/aromatic N) is 1. The molecule has 0 fully saturated rings. The average molecular weight is 398 g/mol. The summed E-state index contributed by atoms with van der Waals surface area (Å²) in [7, 11) is 1.45. The number of amides is 4. The standard InChI is InChI=1S/C21H23FN4O3/c1-23-21(29)25-19(27)11-13-26-12-3-4-16-17(5-2-6-18(16)26)24-20(28)14-7-9-15(22)10-8-14/h2,5-10H,3-4,11-13H2,1H3,(H,24,28)(H2,23,25,27,29). The molecule has 1 aliphatic rings. The van der Waals surface area contributed by atoms with Crippen molar-refractivity contribution in [2.45, 2.75) is 19.3 Å². The third-order valence-electron chi connectivity index (χ3n) is 4.79. The third-order valence-corrected chi connectivity index (χ3v) is 4.79. The molecule has 4 amide bonds.